The molecule has 0 saturated heterocycles. The van der Waals surface area contributed by atoms with E-state index in [0.29, 0.717) is 0 Å². The van der Waals surface area contributed by atoms with Gasteiger partial charge in [0.2, 0.25) is 0 Å². The summed E-state index contributed by atoms with van der Waals surface area (Å²) in [6.45, 7) is 6.95. The maximum absolute atomic E-state index is 6.06. The Bertz CT molecular complexity index is 3290. The maximum atomic E-state index is 6.06. The summed E-state index contributed by atoms with van der Waals surface area (Å²) < 4.78 is 0. The molecule has 5 heterocycles. The summed E-state index contributed by atoms with van der Waals surface area (Å²) in [6.07, 6.45) is 59.6. The quantitative estimate of drug-likeness (QED) is 0.0374. The van der Waals surface area contributed by atoms with Crippen molar-refractivity contribution in [1.29, 1.82) is 0 Å². The van der Waals surface area contributed by atoms with Crippen LogP contribution in [0.2, 0.25) is 0 Å². The molecule has 5 heteroatoms. The average Bonchev–Trinajstić information content (AvgIpc) is 1.66. The molecule has 0 spiro atoms. The number of nitrogens with one attached hydrogen (secondary N) is 2. The Hall–Kier alpha value is -5.55. The molecule has 88 heavy (non-hydrogen) atoms. The van der Waals surface area contributed by atoms with Gasteiger partial charge in [0.1, 0.15) is 5.65 Å². The van der Waals surface area contributed by atoms with Crippen molar-refractivity contribution in [2.75, 3.05) is 0 Å². The van der Waals surface area contributed by atoms with Crippen LogP contribution in [0.4, 0.5) is 0 Å². The molecule has 0 aliphatic carbocycles. The van der Waals surface area contributed by atoms with Crippen molar-refractivity contribution >= 4 is 43.7 Å². The largest absolute Gasteiger partial charge is 0.354 e. The van der Waals surface area contributed by atoms with E-state index in [4.69, 9.17) is 15.0 Å². The van der Waals surface area contributed by atoms with Crippen LogP contribution in [-0.2, 0) is 19.3 Å². The molecule has 474 valence electrons. The van der Waals surface area contributed by atoms with Crippen LogP contribution in [0, 0.1) is 0 Å². The standard InChI is InChI=1S/C83H117N5/c1-4-7-10-13-16-19-22-25-28-31-34-37-40-43-62-73-76-65-54-46-48-56-67(65)78(84-76)74(63-44-41-38-35-32-29-26-23-20-17-14-11-8-5-2)80-69-58-50-52-60-71(69)82(86-80)88-83-72-61-53-51-59-70(72)81(87-83)75(79-68-57-49-47-55-66(68)77(73)85-79)64-45-42-39-36-33-30-27-24-21-18-15-12-9-6-3/h46-61,84H,4-45,62-64H2,1-3H3,(H,86,87,88). The van der Waals surface area contributed by atoms with Gasteiger partial charge in [-0.25, -0.2) is 15.0 Å². The minimum atomic E-state index is 0.795. The van der Waals surface area contributed by atoms with Crippen molar-refractivity contribution in [3.8, 4) is 45.2 Å². The monoisotopic (exact) mass is 1180 g/mol. The number of benzene rings is 4. The lowest BCUT2D eigenvalue weighted by molar-refractivity contribution is 0.535. The highest BCUT2D eigenvalue weighted by Gasteiger charge is 2.27. The summed E-state index contributed by atoms with van der Waals surface area (Å²) >= 11 is 0. The van der Waals surface area contributed by atoms with Gasteiger partial charge in [-0.15, -0.1) is 0 Å². The molecule has 0 atom stereocenters. The average molecular weight is 1180 g/mol. The SMILES string of the molecule is CCCCCCCCCCCCCCCCc1c2nc(c(CCCCCCCCCCCCCCCC)c3[nH]c(c(CCCCCCCCCCCCCCCC)c4nc(nc5[nH]c1c1ccccc51)-c1ccccc1-4)c1ccccc31)-c1ccccc1-2. The predicted molar refractivity (Wildman–Crippen MR) is 385 cm³/mol. The topological polar surface area (TPSA) is 70.2 Å². The molecule has 8 bridgehead atoms. The van der Waals surface area contributed by atoms with E-state index in [1.165, 1.54) is 311 Å². The molecule has 0 amide bonds. The summed E-state index contributed by atoms with van der Waals surface area (Å²) in [7, 11) is 0. The molecule has 3 aromatic heterocycles. The molecular formula is C83H117N5. The van der Waals surface area contributed by atoms with Gasteiger partial charge in [-0.2, -0.15) is 0 Å². The first-order chi connectivity index (χ1) is 43.7. The lowest BCUT2D eigenvalue weighted by Gasteiger charge is -2.08. The van der Waals surface area contributed by atoms with E-state index in [1.807, 2.05) is 0 Å². The van der Waals surface area contributed by atoms with E-state index >= 15 is 0 Å². The summed E-state index contributed by atoms with van der Waals surface area (Å²) in [4.78, 5) is 25.8. The number of aromatic amines is 2. The van der Waals surface area contributed by atoms with Crippen molar-refractivity contribution in [3.05, 3.63) is 114 Å². The van der Waals surface area contributed by atoms with Crippen LogP contribution in [0.15, 0.2) is 97.1 Å². The number of unbranched alkanes of at least 4 members (excludes halogenated alkanes) is 39. The van der Waals surface area contributed by atoms with Crippen molar-refractivity contribution < 1.29 is 0 Å². The molecule has 4 aromatic carbocycles. The van der Waals surface area contributed by atoms with E-state index in [-0.39, 0.29) is 0 Å². The third-order valence-electron chi connectivity index (χ3n) is 20.0. The molecule has 7 aromatic rings. The first-order valence-electron chi connectivity index (χ1n) is 37.3. The fraction of sp³-hybridized carbons (Fsp3) is 0.578. The van der Waals surface area contributed by atoms with E-state index in [2.05, 4.69) is 128 Å². The highest BCUT2D eigenvalue weighted by molar-refractivity contribution is 6.12. The lowest BCUT2D eigenvalue weighted by atomic mass is 9.95. The number of rotatable bonds is 45. The van der Waals surface area contributed by atoms with Gasteiger partial charge in [0, 0.05) is 60.5 Å². The number of fused-ring (bicyclic) bond motifs is 20. The second-order valence-electron chi connectivity index (χ2n) is 27.1. The highest BCUT2D eigenvalue weighted by Crippen LogP contribution is 2.45. The predicted octanol–water partition coefficient (Wildman–Crippen LogP) is 26.8. The van der Waals surface area contributed by atoms with Crippen LogP contribution in [0.1, 0.15) is 307 Å². The van der Waals surface area contributed by atoms with Crippen molar-refractivity contribution in [1.82, 2.24) is 24.9 Å². The van der Waals surface area contributed by atoms with Gasteiger partial charge >= 0.3 is 0 Å². The minimum Gasteiger partial charge on any atom is -0.354 e. The minimum absolute atomic E-state index is 0.795. The van der Waals surface area contributed by atoms with Crippen LogP contribution >= 0.6 is 0 Å². The molecule has 2 aliphatic rings. The number of hydrogen-bond donors (Lipinski definition) is 2. The van der Waals surface area contributed by atoms with Gasteiger partial charge < -0.3 is 9.97 Å². The third-order valence-corrected chi connectivity index (χ3v) is 20.0. The Kier molecular flexibility index (Phi) is 29.0. The first-order valence-corrected chi connectivity index (χ1v) is 37.3. The number of hydrogen-bond acceptors (Lipinski definition) is 3. The molecule has 0 unspecified atom stereocenters. The molecular weight excluding hydrogens is 1070 g/mol. The van der Waals surface area contributed by atoms with E-state index < -0.39 is 0 Å². The summed E-state index contributed by atoms with van der Waals surface area (Å²) in [5.41, 5.74) is 16.6. The van der Waals surface area contributed by atoms with Gasteiger partial charge in [0.25, 0.3) is 0 Å². The summed E-state index contributed by atoms with van der Waals surface area (Å²) in [5.74, 6) is 0.795. The van der Waals surface area contributed by atoms with Crippen LogP contribution in [0.25, 0.3) is 88.9 Å². The summed E-state index contributed by atoms with van der Waals surface area (Å²) in [5, 5.41) is 4.93. The Labute approximate surface area is 534 Å². The van der Waals surface area contributed by atoms with Crippen LogP contribution in [0.5, 0.6) is 0 Å². The van der Waals surface area contributed by atoms with Gasteiger partial charge in [-0.05, 0) is 38.5 Å². The maximum Gasteiger partial charge on any atom is 0.162 e. The Morgan fingerprint density at radius 1 is 0.239 bits per heavy atom. The number of aryl methyl sites for hydroxylation is 3. The Morgan fingerprint density at radius 2 is 0.489 bits per heavy atom. The second kappa shape index (κ2) is 38.2. The lowest BCUT2D eigenvalue weighted by Crippen LogP contribution is -1.94. The molecule has 0 radical (unpaired) electrons. The third kappa shape index (κ3) is 19.2. The van der Waals surface area contributed by atoms with Crippen LogP contribution < -0.4 is 0 Å². The number of aromatic nitrogens is 5. The summed E-state index contributed by atoms with van der Waals surface area (Å²) in [6, 6.07) is 36.4. The van der Waals surface area contributed by atoms with Crippen LogP contribution in [-0.4, -0.2) is 24.9 Å². The van der Waals surface area contributed by atoms with E-state index in [1.54, 1.807) is 0 Å². The molecule has 9 rings (SSSR count). The van der Waals surface area contributed by atoms with Crippen molar-refractivity contribution in [3.63, 3.8) is 0 Å². The van der Waals surface area contributed by atoms with Gasteiger partial charge in [-0.1, -0.05) is 368 Å². The molecule has 2 aliphatic heterocycles. The molecule has 2 N–H and O–H groups in total. The Morgan fingerprint density at radius 3 is 0.830 bits per heavy atom. The van der Waals surface area contributed by atoms with Gasteiger partial charge in [-0.3, -0.25) is 0 Å². The molecule has 0 fully saturated rings. The zero-order chi connectivity index (χ0) is 60.6. The highest BCUT2D eigenvalue weighted by atomic mass is 15.0. The number of nitrogens with zero attached hydrogens (tertiary/aromatic N) is 3. The smallest absolute Gasteiger partial charge is 0.162 e. The zero-order valence-electron chi connectivity index (χ0n) is 55.9. The Balaban J connectivity index is 1.07. The second-order valence-corrected chi connectivity index (χ2v) is 27.1. The fourth-order valence-corrected chi connectivity index (χ4v) is 14.8. The number of H-pyrrole nitrogens is 2. The van der Waals surface area contributed by atoms with E-state index in [9.17, 15) is 0 Å². The molecule has 5 nitrogen and oxygen atoms in total. The van der Waals surface area contributed by atoms with E-state index in [0.717, 1.165) is 83.5 Å². The normalized spacial score (nSPS) is 12.0. The van der Waals surface area contributed by atoms with Crippen molar-refractivity contribution in [2.24, 2.45) is 0 Å². The fourth-order valence-electron chi connectivity index (χ4n) is 14.8. The van der Waals surface area contributed by atoms with Gasteiger partial charge in [0.05, 0.1) is 33.6 Å². The molecule has 0 saturated carbocycles. The van der Waals surface area contributed by atoms with Crippen molar-refractivity contribution in [2.45, 2.75) is 310 Å². The zero-order valence-corrected chi connectivity index (χ0v) is 55.9. The van der Waals surface area contributed by atoms with Crippen LogP contribution in [0.3, 0.4) is 0 Å². The first kappa shape index (κ1) is 66.9. The van der Waals surface area contributed by atoms with Gasteiger partial charge in [0.15, 0.2) is 5.82 Å².